The molecule has 0 fully saturated rings. The van der Waals surface area contributed by atoms with Crippen molar-refractivity contribution in [1.29, 1.82) is 0 Å². The monoisotopic (exact) mass is 362 g/mol. The van der Waals surface area contributed by atoms with E-state index in [0.717, 1.165) is 5.56 Å². The van der Waals surface area contributed by atoms with E-state index in [2.05, 4.69) is 20.5 Å². The van der Waals surface area contributed by atoms with Crippen LogP contribution >= 0.6 is 11.6 Å². The quantitative estimate of drug-likeness (QED) is 0.757. The number of benzene rings is 1. The summed E-state index contributed by atoms with van der Waals surface area (Å²) in [6.45, 7) is 3.81. The molecule has 1 aromatic carbocycles. The average molecular weight is 363 g/mol. The largest absolute Gasteiger partial charge is 0.291 e. The number of nitrogens with one attached hydrogen (secondary N) is 1. The average Bonchev–Trinajstić information content (AvgIpc) is 3.13. The lowest BCUT2D eigenvalue weighted by Gasteiger charge is -2.10. The minimum absolute atomic E-state index is 0.170. The molecule has 9 heteroatoms. The molecule has 0 aliphatic carbocycles. The van der Waals surface area contributed by atoms with Gasteiger partial charge in [-0.05, 0) is 31.5 Å². The number of aromatic nitrogens is 5. The summed E-state index contributed by atoms with van der Waals surface area (Å²) in [4.78, 5) is 16.3. The van der Waals surface area contributed by atoms with Crippen molar-refractivity contribution in [2.24, 2.45) is 0 Å². The lowest BCUT2D eigenvalue weighted by Crippen LogP contribution is -2.24. The summed E-state index contributed by atoms with van der Waals surface area (Å²) in [7, 11) is 0. The van der Waals surface area contributed by atoms with E-state index < -0.39 is 6.04 Å². The third-order valence-corrected chi connectivity index (χ3v) is 4.01. The number of hydrogen-bond donors (Lipinski definition) is 1. The fraction of sp³-hybridized carbons (Fsp3) is 0.250. The number of nitrogens with zero attached hydrogens (tertiary/aromatic N) is 5. The Morgan fingerprint density at radius 2 is 2.20 bits per heavy atom. The van der Waals surface area contributed by atoms with Gasteiger partial charge >= 0.3 is 0 Å². The highest BCUT2D eigenvalue weighted by Crippen LogP contribution is 2.16. The fourth-order valence-electron chi connectivity index (χ4n) is 2.24. The van der Waals surface area contributed by atoms with Crippen LogP contribution < -0.4 is 5.32 Å². The lowest BCUT2D eigenvalue weighted by molar-refractivity contribution is -0.119. The van der Waals surface area contributed by atoms with Gasteiger partial charge in [-0.1, -0.05) is 23.7 Å². The van der Waals surface area contributed by atoms with Crippen molar-refractivity contribution in [1.82, 2.24) is 24.5 Å². The molecule has 3 rings (SSSR count). The van der Waals surface area contributed by atoms with Crippen molar-refractivity contribution in [3.8, 4) is 0 Å². The zero-order valence-electron chi connectivity index (χ0n) is 13.6. The zero-order chi connectivity index (χ0) is 18.0. The Hall–Kier alpha value is -2.74. The highest BCUT2D eigenvalue weighted by molar-refractivity contribution is 6.31. The van der Waals surface area contributed by atoms with Gasteiger partial charge < -0.3 is 0 Å². The van der Waals surface area contributed by atoms with Gasteiger partial charge in [0.15, 0.2) is 0 Å². The van der Waals surface area contributed by atoms with Crippen molar-refractivity contribution < 1.29 is 9.18 Å². The second kappa shape index (κ2) is 7.02. The summed E-state index contributed by atoms with van der Waals surface area (Å²) < 4.78 is 16.2. The molecule has 0 saturated heterocycles. The predicted octanol–water partition coefficient (Wildman–Crippen LogP) is 2.82. The summed E-state index contributed by atoms with van der Waals surface area (Å²) in [6, 6.07) is 5.65. The summed E-state index contributed by atoms with van der Waals surface area (Å²) in [5.74, 6) is -0.459. The second-order valence-electron chi connectivity index (χ2n) is 5.60. The van der Waals surface area contributed by atoms with Crippen LogP contribution in [-0.4, -0.2) is 30.5 Å². The molecule has 1 amide bonds. The van der Waals surface area contributed by atoms with Gasteiger partial charge in [0.2, 0.25) is 5.95 Å². The first-order valence-electron chi connectivity index (χ1n) is 7.58. The summed E-state index contributed by atoms with van der Waals surface area (Å²) >= 11 is 5.96. The first kappa shape index (κ1) is 17.1. The van der Waals surface area contributed by atoms with E-state index in [4.69, 9.17) is 11.6 Å². The third-order valence-electron chi connectivity index (χ3n) is 3.64. The minimum Gasteiger partial charge on any atom is -0.291 e. The highest BCUT2D eigenvalue weighted by Gasteiger charge is 2.18. The van der Waals surface area contributed by atoms with Crippen LogP contribution in [0.5, 0.6) is 0 Å². The molecule has 0 radical (unpaired) electrons. The van der Waals surface area contributed by atoms with Gasteiger partial charge in [0.25, 0.3) is 5.91 Å². The van der Waals surface area contributed by atoms with E-state index in [0.29, 0.717) is 17.3 Å². The van der Waals surface area contributed by atoms with Gasteiger partial charge in [0.1, 0.15) is 18.2 Å². The van der Waals surface area contributed by atoms with Crippen molar-refractivity contribution in [3.63, 3.8) is 0 Å². The van der Waals surface area contributed by atoms with Gasteiger partial charge in [-0.3, -0.25) is 14.8 Å². The highest BCUT2D eigenvalue weighted by atomic mass is 35.5. The van der Waals surface area contributed by atoms with E-state index in [1.54, 1.807) is 32.2 Å². The van der Waals surface area contributed by atoms with E-state index >= 15 is 0 Å². The van der Waals surface area contributed by atoms with E-state index in [-0.39, 0.29) is 17.7 Å². The smallest absolute Gasteiger partial charge is 0.251 e. The van der Waals surface area contributed by atoms with Crippen LogP contribution in [0.1, 0.15) is 24.2 Å². The number of rotatable bonds is 5. The van der Waals surface area contributed by atoms with Crippen LogP contribution in [0.3, 0.4) is 0 Å². The summed E-state index contributed by atoms with van der Waals surface area (Å²) in [5.41, 5.74) is 1.40. The standard InChI is InChI=1S/C16H16ClFN6O/c1-10-14(17)8-24(21-10)11(2)15(25)20-16-19-9-23(22-16)7-12-4-3-5-13(18)6-12/h3-6,8-9,11H,7H2,1-2H3,(H,20,22,25). The number of amides is 1. The minimum atomic E-state index is -0.568. The van der Waals surface area contributed by atoms with Crippen molar-refractivity contribution in [2.75, 3.05) is 5.32 Å². The van der Waals surface area contributed by atoms with E-state index in [1.807, 2.05) is 0 Å². The van der Waals surface area contributed by atoms with Crippen molar-refractivity contribution >= 4 is 23.5 Å². The van der Waals surface area contributed by atoms with Gasteiger partial charge in [0.05, 0.1) is 17.3 Å². The molecule has 0 saturated carbocycles. The summed E-state index contributed by atoms with van der Waals surface area (Å²) in [5, 5.41) is 11.5. The van der Waals surface area contributed by atoms with Crippen LogP contribution in [0, 0.1) is 12.7 Å². The molecular formula is C16H16ClFN6O. The van der Waals surface area contributed by atoms with Gasteiger partial charge in [-0.15, -0.1) is 5.10 Å². The molecule has 25 heavy (non-hydrogen) atoms. The maximum absolute atomic E-state index is 13.2. The molecule has 1 unspecified atom stereocenters. The topological polar surface area (TPSA) is 77.6 Å². The Bertz CT molecular complexity index is 886. The summed E-state index contributed by atoms with van der Waals surface area (Å²) in [6.07, 6.45) is 3.07. The molecule has 2 aromatic heterocycles. The molecule has 7 nitrogen and oxygen atoms in total. The zero-order valence-corrected chi connectivity index (χ0v) is 14.4. The van der Waals surface area contributed by atoms with Gasteiger partial charge in [0, 0.05) is 6.20 Å². The van der Waals surface area contributed by atoms with E-state index in [1.165, 1.54) is 27.8 Å². The van der Waals surface area contributed by atoms with Crippen LogP contribution in [0.2, 0.25) is 5.02 Å². The van der Waals surface area contributed by atoms with E-state index in [9.17, 15) is 9.18 Å². The van der Waals surface area contributed by atoms with Crippen LogP contribution in [0.15, 0.2) is 36.8 Å². The van der Waals surface area contributed by atoms with Crippen molar-refractivity contribution in [3.05, 3.63) is 58.9 Å². The second-order valence-corrected chi connectivity index (χ2v) is 6.01. The third kappa shape index (κ3) is 4.03. The Morgan fingerprint density at radius 3 is 2.88 bits per heavy atom. The fourth-order valence-corrected chi connectivity index (χ4v) is 2.38. The normalized spacial score (nSPS) is 12.2. The number of halogens is 2. The van der Waals surface area contributed by atoms with Crippen LogP contribution in [0.25, 0.3) is 0 Å². The Kier molecular flexibility index (Phi) is 4.80. The maximum atomic E-state index is 13.2. The number of aryl methyl sites for hydroxylation is 1. The maximum Gasteiger partial charge on any atom is 0.251 e. The molecule has 1 N–H and O–H groups in total. The number of anilines is 1. The Balaban J connectivity index is 1.65. The lowest BCUT2D eigenvalue weighted by atomic mass is 10.2. The number of carbonyl (C=O) groups excluding carboxylic acids is 1. The number of hydrogen-bond acceptors (Lipinski definition) is 4. The van der Waals surface area contributed by atoms with Crippen LogP contribution in [0.4, 0.5) is 10.3 Å². The van der Waals surface area contributed by atoms with Gasteiger partial charge in [-0.25, -0.2) is 14.1 Å². The molecular weight excluding hydrogens is 347 g/mol. The number of carbonyl (C=O) groups is 1. The first-order valence-corrected chi connectivity index (χ1v) is 7.96. The molecule has 3 aromatic rings. The molecule has 0 aliphatic heterocycles. The molecule has 0 spiro atoms. The Morgan fingerprint density at radius 1 is 1.40 bits per heavy atom. The molecule has 0 aliphatic rings. The SMILES string of the molecule is Cc1nn(C(C)C(=O)Nc2ncn(Cc3cccc(F)c3)n2)cc1Cl. The molecule has 0 bridgehead atoms. The Labute approximate surface area is 148 Å². The molecule has 2 heterocycles. The van der Waals surface area contributed by atoms with Crippen molar-refractivity contribution in [2.45, 2.75) is 26.4 Å². The first-order chi connectivity index (χ1) is 11.9. The predicted molar refractivity (Wildman–Crippen MR) is 90.8 cm³/mol. The molecule has 130 valence electrons. The van der Waals surface area contributed by atoms with Crippen LogP contribution in [-0.2, 0) is 11.3 Å². The molecule has 1 atom stereocenters. The van der Waals surface area contributed by atoms with Gasteiger partial charge in [-0.2, -0.15) is 5.10 Å².